The summed E-state index contributed by atoms with van der Waals surface area (Å²) in [5, 5.41) is 15.5. The zero-order valence-electron chi connectivity index (χ0n) is 22.6. The second-order valence-electron chi connectivity index (χ2n) is 10.4. The van der Waals surface area contributed by atoms with Gasteiger partial charge in [0.2, 0.25) is 17.7 Å². The minimum Gasteiger partial charge on any atom is -0.396 e. The molecule has 3 N–H and O–H groups in total. The monoisotopic (exact) mass is 514 g/mol. The molecule has 37 heavy (non-hydrogen) atoms. The van der Waals surface area contributed by atoms with E-state index in [2.05, 4.69) is 29.4 Å². The van der Waals surface area contributed by atoms with Crippen molar-refractivity contribution in [1.29, 1.82) is 0 Å². The Morgan fingerprint density at radius 3 is 2.41 bits per heavy atom. The van der Waals surface area contributed by atoms with Crippen molar-refractivity contribution in [3.63, 3.8) is 0 Å². The molecule has 0 aromatic heterocycles. The molecule has 4 rings (SSSR count). The molecule has 0 radical (unpaired) electrons. The smallest absolute Gasteiger partial charge is 0.250 e. The lowest BCUT2D eigenvalue weighted by molar-refractivity contribution is -0.146. The number of benzene rings is 1. The Bertz CT molecular complexity index is 997. The molecular formula is C28H42N4O5. The minimum atomic E-state index is -1.05. The molecule has 3 saturated heterocycles. The van der Waals surface area contributed by atoms with Gasteiger partial charge in [0.15, 0.2) is 0 Å². The molecular weight excluding hydrogens is 472 g/mol. The summed E-state index contributed by atoms with van der Waals surface area (Å²) < 4.78 is 6.71. The van der Waals surface area contributed by atoms with Crippen LogP contribution in [0.2, 0.25) is 0 Å². The molecule has 1 spiro atoms. The number of rotatable bonds is 12. The van der Waals surface area contributed by atoms with E-state index in [4.69, 9.17) is 4.74 Å². The maximum absolute atomic E-state index is 13.9. The molecule has 1 aromatic rings. The van der Waals surface area contributed by atoms with Crippen LogP contribution in [0.5, 0.6) is 0 Å². The summed E-state index contributed by atoms with van der Waals surface area (Å²) in [6.45, 7) is 10.6. The van der Waals surface area contributed by atoms with E-state index >= 15 is 0 Å². The van der Waals surface area contributed by atoms with Gasteiger partial charge in [0.1, 0.15) is 11.6 Å². The van der Waals surface area contributed by atoms with E-state index in [1.807, 2.05) is 38.1 Å². The molecule has 9 nitrogen and oxygen atoms in total. The number of carbonyl (C=O) groups is 3. The lowest BCUT2D eigenvalue weighted by Gasteiger charge is -2.34. The first kappa shape index (κ1) is 27.4. The summed E-state index contributed by atoms with van der Waals surface area (Å²) in [5.41, 5.74) is -0.0798. The fourth-order valence-electron chi connectivity index (χ4n) is 6.81. The van der Waals surface area contributed by atoms with E-state index in [9.17, 15) is 19.5 Å². The van der Waals surface area contributed by atoms with Crippen molar-refractivity contribution in [2.75, 3.05) is 43.0 Å². The van der Waals surface area contributed by atoms with Gasteiger partial charge in [-0.05, 0) is 70.2 Å². The Balaban J connectivity index is 1.65. The van der Waals surface area contributed by atoms with Crippen molar-refractivity contribution >= 4 is 29.1 Å². The van der Waals surface area contributed by atoms with E-state index < -0.39 is 29.1 Å². The molecule has 3 amide bonds. The fourth-order valence-corrected chi connectivity index (χ4v) is 6.81. The Kier molecular flexibility index (Phi) is 8.14. The molecule has 3 aliphatic heterocycles. The van der Waals surface area contributed by atoms with Crippen LogP contribution in [-0.4, -0.2) is 77.8 Å². The van der Waals surface area contributed by atoms with Crippen LogP contribution in [-0.2, 0) is 19.1 Å². The number of hydrogen-bond donors (Lipinski definition) is 3. The highest BCUT2D eigenvalue weighted by molar-refractivity contribution is 6.03. The van der Waals surface area contributed by atoms with Gasteiger partial charge >= 0.3 is 0 Å². The van der Waals surface area contributed by atoms with Crippen molar-refractivity contribution < 1.29 is 24.2 Å². The van der Waals surface area contributed by atoms with Gasteiger partial charge in [0.25, 0.3) is 0 Å². The number of aliphatic hydroxyl groups is 1. The standard InChI is InChI=1S/C28H42N4O5/c1-5-16-29-24(34)21-22-26(36)32(17-9-18-33)23(28(22)15-14-27(21,6-2)37-28)25(35)30-19-10-12-20(13-11-19)31(7-3)8-4/h10-13,21-23,33H,5-9,14-18H2,1-4H3,(H,29,34)(H,30,35)/t21-,22-,23?,27+,28?/m0/s1. The number of aliphatic hydroxyl groups excluding tert-OH is 1. The number of nitrogens with one attached hydrogen (secondary N) is 2. The maximum Gasteiger partial charge on any atom is 0.250 e. The van der Waals surface area contributed by atoms with Crippen LogP contribution in [0.15, 0.2) is 24.3 Å². The molecule has 2 unspecified atom stereocenters. The van der Waals surface area contributed by atoms with Gasteiger partial charge in [-0.25, -0.2) is 0 Å². The average molecular weight is 515 g/mol. The van der Waals surface area contributed by atoms with Crippen LogP contribution < -0.4 is 15.5 Å². The highest BCUT2D eigenvalue weighted by Crippen LogP contribution is 2.64. The third kappa shape index (κ3) is 4.50. The Morgan fingerprint density at radius 1 is 1.11 bits per heavy atom. The van der Waals surface area contributed by atoms with Crippen LogP contribution in [0.3, 0.4) is 0 Å². The van der Waals surface area contributed by atoms with Gasteiger partial charge in [-0.2, -0.15) is 0 Å². The van der Waals surface area contributed by atoms with Crippen LogP contribution in [0.1, 0.15) is 59.8 Å². The van der Waals surface area contributed by atoms with Gasteiger partial charge in [-0.3, -0.25) is 14.4 Å². The Morgan fingerprint density at radius 2 is 1.81 bits per heavy atom. The number of amides is 3. The SMILES string of the molecule is CCCNC(=O)[C@@H]1[C@H]2C(=O)N(CCCO)C(C(=O)Nc3ccc(N(CC)CC)cc3)C23CC[C@@]1(CC)O3. The fraction of sp³-hybridized carbons (Fsp3) is 0.679. The Hall–Kier alpha value is -2.65. The number of anilines is 2. The molecule has 3 fully saturated rings. The molecule has 9 heteroatoms. The lowest BCUT2D eigenvalue weighted by atomic mass is 9.65. The zero-order valence-corrected chi connectivity index (χ0v) is 22.6. The average Bonchev–Trinajstić information content (AvgIpc) is 3.51. The first-order valence-electron chi connectivity index (χ1n) is 13.9. The molecule has 204 valence electrons. The lowest BCUT2D eigenvalue weighted by Crippen LogP contribution is -2.53. The molecule has 3 heterocycles. The van der Waals surface area contributed by atoms with E-state index in [0.717, 1.165) is 25.2 Å². The van der Waals surface area contributed by atoms with Crippen molar-refractivity contribution in [3.05, 3.63) is 24.3 Å². The minimum absolute atomic E-state index is 0.0945. The molecule has 0 saturated carbocycles. The van der Waals surface area contributed by atoms with Gasteiger partial charge in [0.05, 0.1) is 17.4 Å². The van der Waals surface area contributed by atoms with Crippen molar-refractivity contribution in [1.82, 2.24) is 10.2 Å². The van der Waals surface area contributed by atoms with Gasteiger partial charge in [-0.1, -0.05) is 13.8 Å². The van der Waals surface area contributed by atoms with Crippen LogP contribution in [0.4, 0.5) is 11.4 Å². The number of carbonyl (C=O) groups excluding carboxylic acids is 3. The second kappa shape index (κ2) is 11.0. The largest absolute Gasteiger partial charge is 0.396 e. The van der Waals surface area contributed by atoms with Crippen molar-refractivity contribution in [2.24, 2.45) is 11.8 Å². The molecule has 3 aliphatic rings. The number of hydrogen-bond acceptors (Lipinski definition) is 6. The molecule has 0 aliphatic carbocycles. The third-order valence-corrected chi connectivity index (χ3v) is 8.58. The van der Waals surface area contributed by atoms with Gasteiger partial charge < -0.3 is 30.3 Å². The molecule has 1 aromatic carbocycles. The summed E-state index contributed by atoms with van der Waals surface area (Å²) in [6, 6.07) is 6.83. The quantitative estimate of drug-likeness (QED) is 0.395. The molecule has 2 bridgehead atoms. The Labute approximate surface area is 219 Å². The topological polar surface area (TPSA) is 111 Å². The first-order valence-corrected chi connectivity index (χ1v) is 13.9. The van der Waals surface area contributed by atoms with E-state index in [1.54, 1.807) is 4.90 Å². The second-order valence-corrected chi connectivity index (χ2v) is 10.4. The summed E-state index contributed by atoms with van der Waals surface area (Å²) in [7, 11) is 0. The number of fused-ring (bicyclic) bond motifs is 1. The predicted octanol–water partition coefficient (Wildman–Crippen LogP) is 2.53. The maximum atomic E-state index is 13.9. The van der Waals surface area contributed by atoms with E-state index in [-0.39, 0.29) is 30.9 Å². The van der Waals surface area contributed by atoms with Crippen molar-refractivity contribution in [3.8, 4) is 0 Å². The van der Waals surface area contributed by atoms with Gasteiger partial charge in [0, 0.05) is 44.2 Å². The van der Waals surface area contributed by atoms with Gasteiger partial charge in [-0.15, -0.1) is 0 Å². The highest BCUT2D eigenvalue weighted by atomic mass is 16.5. The van der Waals surface area contributed by atoms with Crippen LogP contribution in [0.25, 0.3) is 0 Å². The van der Waals surface area contributed by atoms with Crippen LogP contribution in [0, 0.1) is 11.8 Å². The van der Waals surface area contributed by atoms with Crippen molar-refractivity contribution in [2.45, 2.75) is 77.0 Å². The number of ether oxygens (including phenoxy) is 1. The zero-order chi connectivity index (χ0) is 26.8. The summed E-state index contributed by atoms with van der Waals surface area (Å²) in [5.74, 6) is -2.05. The predicted molar refractivity (Wildman–Crippen MR) is 142 cm³/mol. The third-order valence-electron chi connectivity index (χ3n) is 8.58. The van der Waals surface area contributed by atoms with E-state index in [0.29, 0.717) is 37.9 Å². The number of likely N-dealkylation sites (tertiary alicyclic amines) is 1. The molecule has 5 atom stereocenters. The summed E-state index contributed by atoms with van der Waals surface area (Å²) >= 11 is 0. The van der Waals surface area contributed by atoms with Crippen LogP contribution >= 0.6 is 0 Å². The summed E-state index contributed by atoms with van der Waals surface area (Å²) in [4.78, 5) is 44.9. The summed E-state index contributed by atoms with van der Waals surface area (Å²) in [6.07, 6.45) is 2.92. The first-order chi connectivity index (χ1) is 17.8. The number of nitrogens with zero attached hydrogens (tertiary/aromatic N) is 2. The normalized spacial score (nSPS) is 29.9. The van der Waals surface area contributed by atoms with E-state index in [1.165, 1.54) is 0 Å². The highest BCUT2D eigenvalue weighted by Gasteiger charge is 2.78.